The fraction of sp³-hybridized carbons (Fsp3) is 0.300. The highest BCUT2D eigenvalue weighted by Crippen LogP contribution is 2.36. The van der Waals surface area contributed by atoms with Crippen LogP contribution in [0.4, 0.5) is 4.39 Å². The van der Waals surface area contributed by atoms with E-state index < -0.39 is 15.7 Å². The molecule has 1 aromatic heterocycles. The van der Waals surface area contributed by atoms with Crippen molar-refractivity contribution in [1.82, 2.24) is 9.88 Å². The third-order valence-electron chi connectivity index (χ3n) is 5.28. The summed E-state index contributed by atoms with van der Waals surface area (Å²) < 4.78 is 39.2. The van der Waals surface area contributed by atoms with Gasteiger partial charge in [0.05, 0.1) is 15.3 Å². The van der Waals surface area contributed by atoms with Crippen molar-refractivity contribution < 1.29 is 12.8 Å². The minimum Gasteiger partial charge on any atom is -0.360 e. The molecule has 6 heteroatoms. The Morgan fingerprint density at radius 3 is 2.46 bits per heavy atom. The lowest BCUT2D eigenvalue weighted by Crippen LogP contribution is -2.29. The topological polar surface area (TPSA) is 53.2 Å². The Hall–Kier alpha value is -2.18. The lowest BCUT2D eigenvalue weighted by atomic mass is 9.88. The molecule has 1 aliphatic heterocycles. The van der Waals surface area contributed by atoms with Crippen LogP contribution in [0.1, 0.15) is 24.3 Å². The standard InChI is InChI=1S/C20H21FN2O2S/c1-23-11-9-14(10-12-23)17-3-2-4-18-19(13-22-20(17)18)26(24,25)16-7-5-15(21)6-8-16/h2-8,13-14,22H,9-12H2,1H3. The van der Waals surface area contributed by atoms with Gasteiger partial charge in [-0.05, 0) is 68.7 Å². The van der Waals surface area contributed by atoms with Crippen LogP contribution >= 0.6 is 0 Å². The van der Waals surface area contributed by atoms with E-state index in [-0.39, 0.29) is 9.79 Å². The first-order chi connectivity index (χ1) is 12.5. The average Bonchev–Trinajstić information content (AvgIpc) is 3.08. The normalized spacial score (nSPS) is 17.0. The lowest BCUT2D eigenvalue weighted by Gasteiger charge is -2.29. The van der Waals surface area contributed by atoms with E-state index in [0.29, 0.717) is 11.3 Å². The van der Waals surface area contributed by atoms with Gasteiger partial charge in [-0.1, -0.05) is 18.2 Å². The largest absolute Gasteiger partial charge is 0.360 e. The number of aromatic amines is 1. The number of para-hydroxylation sites is 1. The van der Waals surface area contributed by atoms with E-state index in [9.17, 15) is 12.8 Å². The smallest absolute Gasteiger partial charge is 0.208 e. The average molecular weight is 372 g/mol. The molecule has 0 bridgehead atoms. The van der Waals surface area contributed by atoms with Crippen molar-refractivity contribution in [2.24, 2.45) is 0 Å². The van der Waals surface area contributed by atoms with Gasteiger partial charge in [0.2, 0.25) is 9.84 Å². The number of sulfone groups is 1. The molecular formula is C20H21FN2O2S. The lowest BCUT2D eigenvalue weighted by molar-refractivity contribution is 0.256. The molecule has 1 fully saturated rings. The summed E-state index contributed by atoms with van der Waals surface area (Å²) >= 11 is 0. The summed E-state index contributed by atoms with van der Waals surface area (Å²) in [5.74, 6) is -0.0256. The van der Waals surface area contributed by atoms with Gasteiger partial charge in [0.25, 0.3) is 0 Å². The summed E-state index contributed by atoms with van der Waals surface area (Å²) in [5, 5.41) is 0.700. The van der Waals surface area contributed by atoms with Crippen LogP contribution in [-0.2, 0) is 9.84 Å². The first-order valence-corrected chi connectivity index (χ1v) is 10.2. The second kappa shape index (κ2) is 6.52. The summed E-state index contributed by atoms with van der Waals surface area (Å²) in [6.07, 6.45) is 3.69. The van der Waals surface area contributed by atoms with Crippen LogP contribution in [0.3, 0.4) is 0 Å². The monoisotopic (exact) mass is 372 g/mol. The Labute approximate surface area is 152 Å². The summed E-state index contributed by atoms with van der Waals surface area (Å²) in [7, 11) is -1.58. The Morgan fingerprint density at radius 1 is 1.08 bits per heavy atom. The van der Waals surface area contributed by atoms with Crippen molar-refractivity contribution in [3.8, 4) is 0 Å². The van der Waals surface area contributed by atoms with Crippen LogP contribution in [-0.4, -0.2) is 38.4 Å². The zero-order valence-corrected chi connectivity index (χ0v) is 15.4. The molecule has 26 heavy (non-hydrogen) atoms. The molecule has 2 heterocycles. The fourth-order valence-corrected chi connectivity index (χ4v) is 5.20. The molecule has 1 saturated heterocycles. The molecule has 2 aromatic carbocycles. The van der Waals surface area contributed by atoms with Crippen molar-refractivity contribution >= 4 is 20.7 Å². The molecule has 1 N–H and O–H groups in total. The maximum Gasteiger partial charge on any atom is 0.208 e. The summed E-state index contributed by atoms with van der Waals surface area (Å²) in [5.41, 5.74) is 2.07. The molecule has 0 saturated carbocycles. The van der Waals surface area contributed by atoms with Gasteiger partial charge < -0.3 is 9.88 Å². The Balaban J connectivity index is 1.78. The quantitative estimate of drug-likeness (QED) is 0.709. The molecule has 3 aromatic rings. The number of nitrogens with zero attached hydrogens (tertiary/aromatic N) is 1. The summed E-state index contributed by atoms with van der Waals surface area (Å²) in [6, 6.07) is 10.8. The number of rotatable bonds is 3. The molecule has 0 atom stereocenters. The first-order valence-electron chi connectivity index (χ1n) is 8.76. The minimum absolute atomic E-state index is 0.101. The number of piperidine rings is 1. The number of hydrogen-bond donors (Lipinski definition) is 1. The van der Waals surface area contributed by atoms with Gasteiger partial charge in [0.1, 0.15) is 5.82 Å². The van der Waals surface area contributed by atoms with Crippen molar-refractivity contribution in [2.75, 3.05) is 20.1 Å². The Morgan fingerprint density at radius 2 is 1.77 bits per heavy atom. The number of nitrogens with one attached hydrogen (secondary N) is 1. The van der Waals surface area contributed by atoms with Crippen LogP contribution in [0.2, 0.25) is 0 Å². The molecule has 4 nitrogen and oxygen atoms in total. The third-order valence-corrected chi connectivity index (χ3v) is 7.09. The van der Waals surface area contributed by atoms with E-state index in [1.807, 2.05) is 12.1 Å². The van der Waals surface area contributed by atoms with Gasteiger partial charge in [0, 0.05) is 11.6 Å². The summed E-state index contributed by atoms with van der Waals surface area (Å²) in [4.78, 5) is 5.85. The third kappa shape index (κ3) is 2.93. The maximum atomic E-state index is 13.2. The highest BCUT2D eigenvalue weighted by Gasteiger charge is 2.25. The molecule has 0 amide bonds. The van der Waals surface area contributed by atoms with E-state index in [2.05, 4.69) is 23.0 Å². The zero-order chi connectivity index (χ0) is 18.3. The number of hydrogen-bond acceptors (Lipinski definition) is 3. The number of likely N-dealkylation sites (tertiary alicyclic amines) is 1. The number of fused-ring (bicyclic) bond motifs is 1. The second-order valence-electron chi connectivity index (χ2n) is 6.96. The van der Waals surface area contributed by atoms with E-state index in [4.69, 9.17) is 0 Å². The van der Waals surface area contributed by atoms with Gasteiger partial charge in [0.15, 0.2) is 0 Å². The van der Waals surface area contributed by atoms with Crippen molar-refractivity contribution in [1.29, 1.82) is 0 Å². The van der Waals surface area contributed by atoms with E-state index in [1.54, 1.807) is 6.20 Å². The number of aromatic nitrogens is 1. The van der Waals surface area contributed by atoms with Crippen LogP contribution in [0.25, 0.3) is 10.9 Å². The van der Waals surface area contributed by atoms with E-state index in [1.165, 1.54) is 29.8 Å². The van der Waals surface area contributed by atoms with Crippen molar-refractivity contribution in [3.05, 3.63) is 60.0 Å². The van der Waals surface area contributed by atoms with Crippen LogP contribution < -0.4 is 0 Å². The van der Waals surface area contributed by atoms with Gasteiger partial charge >= 0.3 is 0 Å². The Kier molecular flexibility index (Phi) is 4.32. The molecular weight excluding hydrogens is 351 g/mol. The first kappa shape index (κ1) is 17.2. The van der Waals surface area contributed by atoms with Gasteiger partial charge in [-0.25, -0.2) is 12.8 Å². The van der Waals surface area contributed by atoms with Gasteiger partial charge in [-0.2, -0.15) is 0 Å². The highest BCUT2D eigenvalue weighted by molar-refractivity contribution is 7.91. The molecule has 4 rings (SSSR count). The van der Waals surface area contributed by atoms with E-state index >= 15 is 0 Å². The number of H-pyrrole nitrogens is 1. The summed E-state index contributed by atoms with van der Waals surface area (Å²) in [6.45, 7) is 2.09. The number of benzene rings is 2. The SMILES string of the molecule is CN1CCC(c2cccc3c(S(=O)(=O)c4ccc(F)cc4)c[nH]c23)CC1. The van der Waals surface area contributed by atoms with E-state index in [0.717, 1.165) is 31.4 Å². The Bertz CT molecular complexity index is 1030. The fourth-order valence-electron chi connectivity index (χ4n) is 3.77. The number of halogens is 1. The molecule has 0 aliphatic carbocycles. The van der Waals surface area contributed by atoms with Crippen LogP contribution in [0.5, 0.6) is 0 Å². The van der Waals surface area contributed by atoms with Crippen molar-refractivity contribution in [3.63, 3.8) is 0 Å². The molecule has 136 valence electrons. The zero-order valence-electron chi connectivity index (χ0n) is 14.6. The maximum absolute atomic E-state index is 13.2. The van der Waals surface area contributed by atoms with Crippen LogP contribution in [0.15, 0.2) is 58.5 Å². The predicted octanol–water partition coefficient (Wildman–Crippen LogP) is 3.95. The predicted molar refractivity (Wildman–Crippen MR) is 99.6 cm³/mol. The van der Waals surface area contributed by atoms with Crippen molar-refractivity contribution in [2.45, 2.75) is 28.6 Å². The van der Waals surface area contributed by atoms with Gasteiger partial charge in [-0.15, -0.1) is 0 Å². The molecule has 1 aliphatic rings. The minimum atomic E-state index is -3.70. The highest BCUT2D eigenvalue weighted by atomic mass is 32.2. The molecule has 0 spiro atoms. The molecule has 0 radical (unpaired) electrons. The van der Waals surface area contributed by atoms with Gasteiger partial charge in [-0.3, -0.25) is 0 Å². The van der Waals surface area contributed by atoms with Crippen LogP contribution in [0, 0.1) is 5.82 Å². The molecule has 0 unspecified atom stereocenters. The second-order valence-corrected chi connectivity index (χ2v) is 8.88.